The van der Waals surface area contributed by atoms with E-state index in [-0.39, 0.29) is 12.2 Å². The molecular weight excluding hydrogens is 246 g/mol. The zero-order chi connectivity index (χ0) is 14.9. The summed E-state index contributed by atoms with van der Waals surface area (Å²) in [5.41, 5.74) is 0.597. The van der Waals surface area contributed by atoms with E-state index >= 15 is 0 Å². The molecule has 0 unspecified atom stereocenters. The van der Waals surface area contributed by atoms with Crippen molar-refractivity contribution < 1.29 is 24.2 Å². The molecule has 0 spiro atoms. The predicted molar refractivity (Wildman–Crippen MR) is 70.8 cm³/mol. The number of carbonyl (C=O) groups excluding carboxylic acids is 2. The SMILES string of the molecule is C=C(C)C(=O)CCCCO[N+](C)(C)CCCC(=O)[O-]. The van der Waals surface area contributed by atoms with Crippen LogP contribution in [0.25, 0.3) is 0 Å². The highest BCUT2D eigenvalue weighted by atomic mass is 16.7. The Morgan fingerprint density at radius 1 is 1.16 bits per heavy atom. The van der Waals surface area contributed by atoms with Crippen LogP contribution >= 0.6 is 0 Å². The van der Waals surface area contributed by atoms with Crippen molar-refractivity contribution in [2.24, 2.45) is 0 Å². The number of hydroxylamine groups is 3. The predicted octanol–water partition coefficient (Wildman–Crippen LogP) is 0.840. The lowest BCUT2D eigenvalue weighted by molar-refractivity contribution is -1.08. The first-order valence-electron chi connectivity index (χ1n) is 6.60. The first-order chi connectivity index (χ1) is 8.74. The highest BCUT2D eigenvalue weighted by Gasteiger charge is 2.16. The maximum atomic E-state index is 11.3. The summed E-state index contributed by atoms with van der Waals surface area (Å²) >= 11 is 0. The second-order valence-corrected chi connectivity index (χ2v) is 5.27. The smallest absolute Gasteiger partial charge is 0.157 e. The molecule has 0 radical (unpaired) electrons. The van der Waals surface area contributed by atoms with Gasteiger partial charge in [0.05, 0.1) is 14.1 Å². The van der Waals surface area contributed by atoms with Crippen molar-refractivity contribution in [3.8, 4) is 0 Å². The van der Waals surface area contributed by atoms with E-state index in [4.69, 9.17) is 4.84 Å². The van der Waals surface area contributed by atoms with Crippen LogP contribution in [0, 0.1) is 0 Å². The normalized spacial score (nSPS) is 11.3. The first-order valence-corrected chi connectivity index (χ1v) is 6.60. The van der Waals surface area contributed by atoms with Crippen LogP contribution in [0.3, 0.4) is 0 Å². The second-order valence-electron chi connectivity index (χ2n) is 5.27. The number of carbonyl (C=O) groups is 2. The van der Waals surface area contributed by atoms with Gasteiger partial charge in [0.2, 0.25) is 0 Å². The molecule has 0 aliphatic rings. The number of carboxylic acids is 1. The fourth-order valence-corrected chi connectivity index (χ4v) is 1.58. The van der Waals surface area contributed by atoms with Crippen LogP contribution in [0.5, 0.6) is 0 Å². The molecule has 0 bridgehead atoms. The van der Waals surface area contributed by atoms with Crippen molar-refractivity contribution in [3.63, 3.8) is 0 Å². The number of ketones is 1. The third-order valence-electron chi connectivity index (χ3n) is 2.79. The molecule has 110 valence electrons. The molecule has 0 amide bonds. The summed E-state index contributed by atoms with van der Waals surface area (Å²) < 4.78 is 0.321. The number of carboxylic acid groups (broad SMARTS) is 1. The first kappa shape index (κ1) is 17.8. The average Bonchev–Trinajstić information content (AvgIpc) is 2.27. The number of rotatable bonds is 11. The van der Waals surface area contributed by atoms with Gasteiger partial charge in [-0.05, 0) is 31.8 Å². The van der Waals surface area contributed by atoms with Crippen LogP contribution in [-0.2, 0) is 14.4 Å². The lowest BCUT2D eigenvalue weighted by Crippen LogP contribution is -2.41. The van der Waals surface area contributed by atoms with Gasteiger partial charge in [0.15, 0.2) is 5.78 Å². The van der Waals surface area contributed by atoms with E-state index in [0.29, 0.717) is 36.2 Å². The second kappa shape index (κ2) is 8.82. The molecule has 0 saturated heterocycles. The van der Waals surface area contributed by atoms with E-state index in [1.165, 1.54) is 0 Å². The summed E-state index contributed by atoms with van der Waals surface area (Å²) in [6, 6.07) is 0. The molecule has 0 atom stereocenters. The molecule has 0 aliphatic carbocycles. The van der Waals surface area contributed by atoms with Gasteiger partial charge < -0.3 is 9.90 Å². The molecule has 5 heteroatoms. The van der Waals surface area contributed by atoms with Gasteiger partial charge in [-0.2, -0.15) is 4.65 Å². The fourth-order valence-electron chi connectivity index (χ4n) is 1.58. The summed E-state index contributed by atoms with van der Waals surface area (Å²) in [7, 11) is 3.77. The minimum absolute atomic E-state index is 0.0537. The molecule has 19 heavy (non-hydrogen) atoms. The van der Waals surface area contributed by atoms with Crippen LogP contribution in [0.2, 0.25) is 0 Å². The monoisotopic (exact) mass is 271 g/mol. The van der Waals surface area contributed by atoms with Crippen LogP contribution in [0.1, 0.15) is 39.0 Å². The van der Waals surface area contributed by atoms with Gasteiger partial charge in [0.1, 0.15) is 13.2 Å². The molecule has 0 N–H and O–H groups in total. The van der Waals surface area contributed by atoms with Crippen LogP contribution in [0.4, 0.5) is 0 Å². The Hall–Kier alpha value is -1.20. The number of quaternary nitrogens is 1. The standard InChI is InChI=1S/C14H25NO4/c1-12(2)13(16)8-5-6-11-19-15(3,4)10-7-9-14(17)18/h1,5-11H2,2-4H3. The fraction of sp³-hybridized carbons (Fsp3) is 0.714. The molecule has 0 fully saturated rings. The van der Waals surface area contributed by atoms with E-state index in [1.54, 1.807) is 6.92 Å². The van der Waals surface area contributed by atoms with Crippen molar-refractivity contribution in [1.82, 2.24) is 0 Å². The number of unbranched alkanes of at least 4 members (excludes halogenated alkanes) is 1. The largest absolute Gasteiger partial charge is 0.550 e. The Kier molecular flexibility index (Phi) is 8.27. The molecule has 0 saturated carbocycles. The summed E-state index contributed by atoms with van der Waals surface area (Å²) in [5, 5.41) is 10.3. The number of Topliss-reactive ketones (excluding diaryl/α,β-unsaturated/α-hetero) is 1. The minimum atomic E-state index is -1.03. The van der Waals surface area contributed by atoms with E-state index < -0.39 is 5.97 Å². The Labute approximate surface area is 115 Å². The topological polar surface area (TPSA) is 66.4 Å². The zero-order valence-electron chi connectivity index (χ0n) is 12.2. The third-order valence-corrected chi connectivity index (χ3v) is 2.79. The van der Waals surface area contributed by atoms with E-state index in [2.05, 4.69) is 6.58 Å². The van der Waals surface area contributed by atoms with Crippen LogP contribution in [0.15, 0.2) is 12.2 Å². The van der Waals surface area contributed by atoms with Gasteiger partial charge in [-0.25, -0.2) is 4.84 Å². The Bertz CT molecular complexity index is 323. The lowest BCUT2D eigenvalue weighted by atomic mass is 10.1. The highest BCUT2D eigenvalue weighted by molar-refractivity contribution is 5.93. The van der Waals surface area contributed by atoms with Gasteiger partial charge in [0, 0.05) is 18.8 Å². The molecule has 0 heterocycles. The Balaban J connectivity index is 3.66. The number of aliphatic carboxylic acids is 1. The third kappa shape index (κ3) is 10.4. The van der Waals surface area contributed by atoms with Gasteiger partial charge >= 0.3 is 0 Å². The number of allylic oxidation sites excluding steroid dienone is 1. The molecule has 0 aromatic carbocycles. The zero-order valence-corrected chi connectivity index (χ0v) is 12.2. The summed E-state index contributed by atoms with van der Waals surface area (Å²) in [6.45, 7) is 6.50. The van der Waals surface area contributed by atoms with Crippen LogP contribution in [-0.4, -0.2) is 43.6 Å². The van der Waals surface area contributed by atoms with E-state index in [0.717, 1.165) is 12.8 Å². The van der Waals surface area contributed by atoms with Gasteiger partial charge in [-0.1, -0.05) is 6.58 Å². The van der Waals surface area contributed by atoms with Crippen molar-refractivity contribution in [1.29, 1.82) is 0 Å². The number of hydrogen-bond acceptors (Lipinski definition) is 4. The summed E-state index contributed by atoms with van der Waals surface area (Å²) in [5.74, 6) is -0.930. The maximum Gasteiger partial charge on any atom is 0.157 e. The highest BCUT2D eigenvalue weighted by Crippen LogP contribution is 2.07. The number of nitrogens with zero attached hydrogens (tertiary/aromatic N) is 1. The van der Waals surface area contributed by atoms with E-state index in [9.17, 15) is 14.7 Å². The molecule has 0 aromatic heterocycles. The van der Waals surface area contributed by atoms with Gasteiger partial charge in [-0.15, -0.1) is 0 Å². The minimum Gasteiger partial charge on any atom is -0.550 e. The van der Waals surface area contributed by atoms with Crippen molar-refractivity contribution >= 4 is 11.8 Å². The molecule has 0 rings (SSSR count). The molecular formula is C14H25NO4. The maximum absolute atomic E-state index is 11.3. The molecule has 5 nitrogen and oxygen atoms in total. The quantitative estimate of drug-likeness (QED) is 0.242. The van der Waals surface area contributed by atoms with Crippen molar-refractivity contribution in [2.45, 2.75) is 39.0 Å². The Morgan fingerprint density at radius 3 is 2.32 bits per heavy atom. The Morgan fingerprint density at radius 2 is 1.79 bits per heavy atom. The van der Waals surface area contributed by atoms with Gasteiger partial charge in [0.25, 0.3) is 0 Å². The van der Waals surface area contributed by atoms with Gasteiger partial charge in [-0.3, -0.25) is 4.79 Å². The van der Waals surface area contributed by atoms with Crippen molar-refractivity contribution in [3.05, 3.63) is 12.2 Å². The number of hydrogen-bond donors (Lipinski definition) is 0. The summed E-state index contributed by atoms with van der Waals surface area (Å²) in [4.78, 5) is 27.3. The molecule has 0 aromatic rings. The molecule has 0 aliphatic heterocycles. The average molecular weight is 271 g/mol. The van der Waals surface area contributed by atoms with Crippen LogP contribution < -0.4 is 5.11 Å². The van der Waals surface area contributed by atoms with Crippen molar-refractivity contribution in [2.75, 3.05) is 27.2 Å². The lowest BCUT2D eigenvalue weighted by Gasteiger charge is -2.27. The van der Waals surface area contributed by atoms with E-state index in [1.807, 2.05) is 14.1 Å². The summed E-state index contributed by atoms with van der Waals surface area (Å²) in [6.07, 6.45) is 2.68.